The van der Waals surface area contributed by atoms with E-state index in [2.05, 4.69) is 4.74 Å². The monoisotopic (exact) mass is 617 g/mol. The van der Waals surface area contributed by atoms with Crippen molar-refractivity contribution >= 4 is 29.8 Å². The fraction of sp³-hybridized carbons (Fsp3) is 0.844. The van der Waals surface area contributed by atoms with Crippen molar-refractivity contribution < 1.29 is 48.0 Å². The van der Waals surface area contributed by atoms with E-state index in [-0.39, 0.29) is 37.8 Å². The summed E-state index contributed by atoms with van der Waals surface area (Å²) in [6.07, 6.45) is 2.32. The van der Waals surface area contributed by atoms with Gasteiger partial charge in [-0.2, -0.15) is 0 Å². The van der Waals surface area contributed by atoms with Crippen LogP contribution in [0.15, 0.2) is 0 Å². The standard InChI is InChI=1S/C22H41NO6.C10H18O4/c1-10-11-13-28-19(26)22(6,15-20(2,3)17(24)27-9)16-21(4,5)18(25)29-14-12-23(7)8;1-9(2,7(11)12)6-10(3,4)8(13)14-5/h10-16H2,1-9H3;6H2,1-5H3,(H,11,12). The number of nitrogens with zero attached hydrogens (tertiary/aromatic N) is 1. The number of rotatable bonds is 17. The molecule has 0 spiro atoms. The SMILES string of the molecule is CCCCOC(=O)C(C)(CC(C)(C)C(=O)OC)CC(C)(C)C(=O)OCCN(C)C.COC(=O)C(C)(C)CC(C)(C)C(=O)O. The van der Waals surface area contributed by atoms with Gasteiger partial charge in [0, 0.05) is 6.54 Å². The average molecular weight is 618 g/mol. The number of carbonyl (C=O) groups excluding carboxylic acids is 4. The third-order valence-corrected chi connectivity index (χ3v) is 7.15. The Labute approximate surface area is 259 Å². The van der Waals surface area contributed by atoms with Gasteiger partial charge in [0.25, 0.3) is 0 Å². The van der Waals surface area contributed by atoms with Crippen molar-refractivity contribution in [2.45, 2.75) is 101 Å². The molecule has 0 radical (unpaired) electrons. The first-order chi connectivity index (χ1) is 19.3. The van der Waals surface area contributed by atoms with E-state index in [0.29, 0.717) is 13.2 Å². The fourth-order valence-corrected chi connectivity index (χ4v) is 5.11. The highest BCUT2D eigenvalue weighted by molar-refractivity contribution is 5.82. The van der Waals surface area contributed by atoms with Gasteiger partial charge in [0.2, 0.25) is 0 Å². The second-order valence-electron chi connectivity index (χ2n) is 14.3. The van der Waals surface area contributed by atoms with Crippen LogP contribution < -0.4 is 0 Å². The van der Waals surface area contributed by atoms with E-state index in [9.17, 15) is 24.0 Å². The van der Waals surface area contributed by atoms with E-state index in [0.717, 1.165) is 12.8 Å². The third kappa shape index (κ3) is 15.0. The summed E-state index contributed by atoms with van der Waals surface area (Å²) in [7, 11) is 6.43. The Morgan fingerprint density at radius 2 is 1.00 bits per heavy atom. The Hall–Kier alpha value is -2.69. The molecular weight excluding hydrogens is 558 g/mol. The minimum atomic E-state index is -1.05. The third-order valence-electron chi connectivity index (χ3n) is 7.15. The molecule has 0 aromatic carbocycles. The quantitative estimate of drug-likeness (QED) is 0.132. The zero-order chi connectivity index (χ0) is 34.4. The number of methoxy groups -OCH3 is 2. The summed E-state index contributed by atoms with van der Waals surface area (Å²) in [4.78, 5) is 62.0. The van der Waals surface area contributed by atoms with Crippen molar-refractivity contribution in [2.75, 3.05) is 48.1 Å². The predicted molar refractivity (Wildman–Crippen MR) is 164 cm³/mol. The zero-order valence-corrected chi connectivity index (χ0v) is 29.2. The van der Waals surface area contributed by atoms with E-state index < -0.39 is 45.0 Å². The van der Waals surface area contributed by atoms with Gasteiger partial charge in [-0.05, 0) is 102 Å². The predicted octanol–water partition coefficient (Wildman–Crippen LogP) is 5.13. The van der Waals surface area contributed by atoms with Crippen LogP contribution in [0.25, 0.3) is 0 Å². The van der Waals surface area contributed by atoms with Crippen molar-refractivity contribution in [2.24, 2.45) is 27.1 Å². The molecule has 11 heteroatoms. The molecule has 0 amide bonds. The molecule has 1 atom stereocenters. The van der Waals surface area contributed by atoms with Gasteiger partial charge in [-0.3, -0.25) is 24.0 Å². The van der Waals surface area contributed by atoms with Gasteiger partial charge >= 0.3 is 29.8 Å². The van der Waals surface area contributed by atoms with Gasteiger partial charge in [-0.25, -0.2) is 0 Å². The van der Waals surface area contributed by atoms with Crippen molar-refractivity contribution in [3.63, 3.8) is 0 Å². The molecule has 0 heterocycles. The smallest absolute Gasteiger partial charge is 0.311 e. The number of carbonyl (C=O) groups is 5. The van der Waals surface area contributed by atoms with Crippen LogP contribution in [0.2, 0.25) is 0 Å². The number of likely N-dealkylation sites (N-methyl/N-ethyl adjacent to an activating group) is 1. The van der Waals surface area contributed by atoms with Crippen LogP contribution in [0.1, 0.15) is 101 Å². The van der Waals surface area contributed by atoms with E-state index in [4.69, 9.17) is 19.3 Å². The van der Waals surface area contributed by atoms with Gasteiger partial charge in [-0.1, -0.05) is 13.3 Å². The fourth-order valence-electron chi connectivity index (χ4n) is 5.11. The summed E-state index contributed by atoms with van der Waals surface area (Å²) in [5.74, 6) is -2.47. The number of hydrogen-bond acceptors (Lipinski definition) is 10. The van der Waals surface area contributed by atoms with Crippen LogP contribution in [0.5, 0.6) is 0 Å². The lowest BCUT2D eigenvalue weighted by Gasteiger charge is -2.38. The van der Waals surface area contributed by atoms with Crippen LogP contribution in [-0.4, -0.2) is 87.9 Å². The second-order valence-corrected chi connectivity index (χ2v) is 14.3. The van der Waals surface area contributed by atoms with Crippen LogP contribution >= 0.6 is 0 Å². The van der Waals surface area contributed by atoms with E-state index in [1.54, 1.807) is 62.3 Å². The lowest BCUT2D eigenvalue weighted by atomic mass is 9.66. The van der Waals surface area contributed by atoms with E-state index >= 15 is 0 Å². The molecule has 1 unspecified atom stereocenters. The number of carboxylic acids is 1. The van der Waals surface area contributed by atoms with Gasteiger partial charge < -0.3 is 29.0 Å². The first-order valence-corrected chi connectivity index (χ1v) is 14.7. The molecule has 0 saturated heterocycles. The highest BCUT2D eigenvalue weighted by atomic mass is 16.5. The lowest BCUT2D eigenvalue weighted by Crippen LogP contribution is -2.43. The van der Waals surface area contributed by atoms with Crippen molar-refractivity contribution in [3.05, 3.63) is 0 Å². The van der Waals surface area contributed by atoms with Crippen LogP contribution in [0.4, 0.5) is 0 Å². The number of unbranched alkanes of at least 4 members (excludes halogenated alkanes) is 1. The van der Waals surface area contributed by atoms with Crippen LogP contribution in [-0.2, 0) is 42.9 Å². The highest BCUT2D eigenvalue weighted by Crippen LogP contribution is 2.44. The van der Waals surface area contributed by atoms with E-state index in [1.807, 2.05) is 25.9 Å². The summed E-state index contributed by atoms with van der Waals surface area (Å²) in [6, 6.07) is 0. The highest BCUT2D eigenvalue weighted by Gasteiger charge is 2.48. The zero-order valence-electron chi connectivity index (χ0n) is 29.2. The summed E-state index contributed by atoms with van der Waals surface area (Å²) in [6.45, 7) is 18.5. The topological polar surface area (TPSA) is 146 Å². The Morgan fingerprint density at radius 1 is 0.605 bits per heavy atom. The molecule has 0 aliphatic carbocycles. The minimum Gasteiger partial charge on any atom is -0.481 e. The van der Waals surface area contributed by atoms with Crippen LogP contribution in [0.3, 0.4) is 0 Å². The molecule has 0 aromatic rings. The largest absolute Gasteiger partial charge is 0.481 e. The Balaban J connectivity index is 0. The Bertz CT molecular complexity index is 936. The molecule has 0 saturated carbocycles. The summed E-state index contributed by atoms with van der Waals surface area (Å²) in [5.41, 5.74) is -4.56. The first-order valence-electron chi connectivity index (χ1n) is 14.7. The number of esters is 4. The molecule has 0 bridgehead atoms. The van der Waals surface area contributed by atoms with Crippen LogP contribution in [0, 0.1) is 27.1 Å². The van der Waals surface area contributed by atoms with E-state index in [1.165, 1.54) is 14.2 Å². The first kappa shape index (κ1) is 42.4. The molecule has 0 aliphatic rings. The maximum atomic E-state index is 13.0. The maximum absolute atomic E-state index is 13.0. The van der Waals surface area contributed by atoms with Crippen molar-refractivity contribution in [1.82, 2.24) is 4.90 Å². The van der Waals surface area contributed by atoms with Crippen molar-refractivity contribution in [3.8, 4) is 0 Å². The maximum Gasteiger partial charge on any atom is 0.311 e. The molecule has 1 N–H and O–H groups in total. The average Bonchev–Trinajstić information content (AvgIpc) is 2.86. The van der Waals surface area contributed by atoms with Gasteiger partial charge in [-0.15, -0.1) is 0 Å². The van der Waals surface area contributed by atoms with Crippen molar-refractivity contribution in [1.29, 1.82) is 0 Å². The molecule has 0 rings (SSSR count). The minimum absolute atomic E-state index is 0.200. The molecule has 252 valence electrons. The Morgan fingerprint density at radius 3 is 1.37 bits per heavy atom. The molecule has 0 aliphatic heterocycles. The normalized spacial score (nSPS) is 13.7. The van der Waals surface area contributed by atoms with Gasteiger partial charge in [0.15, 0.2) is 0 Å². The number of ether oxygens (including phenoxy) is 4. The van der Waals surface area contributed by atoms with Gasteiger partial charge in [0.05, 0.1) is 47.9 Å². The molecular formula is C32H59NO10. The summed E-state index contributed by atoms with van der Waals surface area (Å²) in [5, 5.41) is 8.91. The summed E-state index contributed by atoms with van der Waals surface area (Å²) >= 11 is 0. The Kier molecular flexibility index (Phi) is 17.3. The van der Waals surface area contributed by atoms with Gasteiger partial charge in [0.1, 0.15) is 6.61 Å². The molecule has 11 nitrogen and oxygen atoms in total. The number of carboxylic acid groups (broad SMARTS) is 1. The number of hydrogen-bond donors (Lipinski definition) is 1. The second kappa shape index (κ2) is 17.6. The number of aliphatic carboxylic acids is 1. The molecule has 43 heavy (non-hydrogen) atoms. The molecule has 0 aromatic heterocycles. The molecule has 0 fully saturated rings. The summed E-state index contributed by atoms with van der Waals surface area (Å²) < 4.78 is 20.4. The lowest BCUT2D eigenvalue weighted by molar-refractivity contribution is -0.167.